The van der Waals surface area contributed by atoms with Gasteiger partial charge in [0, 0.05) is 10.9 Å². The predicted octanol–water partition coefficient (Wildman–Crippen LogP) is 4.19. The fourth-order valence-corrected chi connectivity index (χ4v) is 3.16. The molecular formula is C22H17NO5. The first kappa shape index (κ1) is 17.7. The smallest absolute Gasteiger partial charge is 0.356 e. The van der Waals surface area contributed by atoms with Crippen molar-refractivity contribution < 1.29 is 18.7 Å². The fourth-order valence-electron chi connectivity index (χ4n) is 3.16. The Morgan fingerprint density at radius 1 is 1.11 bits per heavy atom. The molecule has 4 aromatic rings. The molecule has 6 heteroatoms. The molecule has 4 rings (SSSR count). The maximum atomic E-state index is 12.8. The lowest BCUT2D eigenvalue weighted by molar-refractivity contribution is 0.0520. The molecule has 0 N–H and O–H groups in total. The first-order chi connectivity index (χ1) is 13.6. The minimum absolute atomic E-state index is 0.128. The first-order valence-electron chi connectivity index (χ1n) is 8.80. The monoisotopic (exact) mass is 375 g/mol. The third-order valence-corrected chi connectivity index (χ3v) is 4.44. The van der Waals surface area contributed by atoms with Gasteiger partial charge in [-0.2, -0.15) is 0 Å². The largest absolute Gasteiger partial charge is 0.497 e. The van der Waals surface area contributed by atoms with Gasteiger partial charge in [-0.25, -0.2) is 14.6 Å². The van der Waals surface area contributed by atoms with E-state index in [1.807, 2.05) is 30.3 Å². The van der Waals surface area contributed by atoms with E-state index in [4.69, 9.17) is 13.9 Å². The lowest BCUT2D eigenvalue weighted by atomic mass is 10.00. The van der Waals surface area contributed by atoms with E-state index in [-0.39, 0.29) is 12.3 Å². The Bertz CT molecular complexity index is 1240. The SMILES string of the molecule is CCOC(=O)c1cc(-c2ccccc2)c2c(=O)oc3ccc(OC)cc3c2n1. The van der Waals surface area contributed by atoms with Gasteiger partial charge >= 0.3 is 11.6 Å². The highest BCUT2D eigenvalue weighted by atomic mass is 16.5. The Labute approximate surface area is 160 Å². The molecule has 28 heavy (non-hydrogen) atoms. The molecule has 0 amide bonds. The Morgan fingerprint density at radius 2 is 1.89 bits per heavy atom. The highest BCUT2D eigenvalue weighted by molar-refractivity contribution is 6.09. The summed E-state index contributed by atoms with van der Waals surface area (Å²) in [5.41, 5.74) is 1.68. The Morgan fingerprint density at radius 3 is 2.61 bits per heavy atom. The number of methoxy groups -OCH3 is 1. The molecular weight excluding hydrogens is 358 g/mol. The van der Waals surface area contributed by atoms with Gasteiger partial charge in [0.05, 0.1) is 24.6 Å². The second-order valence-electron chi connectivity index (χ2n) is 6.12. The van der Waals surface area contributed by atoms with E-state index in [1.54, 1.807) is 38.3 Å². The zero-order valence-electron chi connectivity index (χ0n) is 15.4. The molecule has 6 nitrogen and oxygen atoms in total. The summed E-state index contributed by atoms with van der Waals surface area (Å²) in [5.74, 6) is 0.0399. The topological polar surface area (TPSA) is 78.6 Å². The summed E-state index contributed by atoms with van der Waals surface area (Å²) in [4.78, 5) is 29.7. The second-order valence-corrected chi connectivity index (χ2v) is 6.12. The normalized spacial score (nSPS) is 10.9. The highest BCUT2D eigenvalue weighted by Crippen LogP contribution is 2.32. The molecule has 140 valence electrons. The molecule has 0 aliphatic rings. The van der Waals surface area contributed by atoms with Gasteiger partial charge in [-0.15, -0.1) is 0 Å². The quantitative estimate of drug-likeness (QED) is 0.302. The van der Waals surface area contributed by atoms with Crippen LogP contribution in [0.3, 0.4) is 0 Å². The van der Waals surface area contributed by atoms with Crippen LogP contribution in [0.4, 0.5) is 0 Å². The van der Waals surface area contributed by atoms with Crippen LogP contribution in [-0.2, 0) is 4.74 Å². The van der Waals surface area contributed by atoms with Gasteiger partial charge in [0.25, 0.3) is 0 Å². The van der Waals surface area contributed by atoms with Gasteiger partial charge in [-0.1, -0.05) is 30.3 Å². The minimum atomic E-state index is -0.550. The van der Waals surface area contributed by atoms with E-state index >= 15 is 0 Å². The van der Waals surface area contributed by atoms with E-state index in [9.17, 15) is 9.59 Å². The number of fused-ring (bicyclic) bond motifs is 3. The summed E-state index contributed by atoms with van der Waals surface area (Å²) in [7, 11) is 1.55. The zero-order chi connectivity index (χ0) is 19.7. The van der Waals surface area contributed by atoms with Crippen LogP contribution in [0.15, 0.2) is 63.8 Å². The van der Waals surface area contributed by atoms with Crippen molar-refractivity contribution in [2.24, 2.45) is 0 Å². The van der Waals surface area contributed by atoms with E-state index < -0.39 is 11.6 Å². The average Bonchev–Trinajstić information content (AvgIpc) is 2.73. The van der Waals surface area contributed by atoms with Crippen molar-refractivity contribution in [2.75, 3.05) is 13.7 Å². The number of benzene rings is 2. The molecule has 0 atom stereocenters. The van der Waals surface area contributed by atoms with Crippen LogP contribution in [0.1, 0.15) is 17.4 Å². The Balaban J connectivity index is 2.16. The maximum absolute atomic E-state index is 12.8. The van der Waals surface area contributed by atoms with E-state index in [2.05, 4.69) is 4.98 Å². The van der Waals surface area contributed by atoms with Crippen LogP contribution >= 0.6 is 0 Å². The van der Waals surface area contributed by atoms with Crippen molar-refractivity contribution in [1.82, 2.24) is 4.98 Å². The number of carbonyl (C=O) groups excluding carboxylic acids is 1. The summed E-state index contributed by atoms with van der Waals surface area (Å²) >= 11 is 0. The van der Waals surface area contributed by atoms with Crippen molar-refractivity contribution in [2.45, 2.75) is 6.92 Å². The average molecular weight is 375 g/mol. The molecule has 0 fully saturated rings. The Kier molecular flexibility index (Phi) is 4.53. The number of esters is 1. The summed E-state index contributed by atoms with van der Waals surface area (Å²) in [6, 6.07) is 16.0. The highest BCUT2D eigenvalue weighted by Gasteiger charge is 2.19. The maximum Gasteiger partial charge on any atom is 0.356 e. The van der Waals surface area contributed by atoms with Crippen LogP contribution in [0.5, 0.6) is 5.75 Å². The van der Waals surface area contributed by atoms with E-state index in [1.165, 1.54) is 0 Å². The Hall–Kier alpha value is -3.67. The van der Waals surface area contributed by atoms with Gasteiger partial charge in [0.2, 0.25) is 0 Å². The fraction of sp³-hybridized carbons (Fsp3) is 0.136. The summed E-state index contributed by atoms with van der Waals surface area (Å²) in [6.07, 6.45) is 0. The molecule has 2 heterocycles. The number of carbonyl (C=O) groups is 1. The van der Waals surface area contributed by atoms with Crippen molar-refractivity contribution in [3.8, 4) is 16.9 Å². The van der Waals surface area contributed by atoms with Crippen molar-refractivity contribution in [3.05, 3.63) is 70.7 Å². The standard InChI is InChI=1S/C22H17NO5/c1-3-27-21(24)17-12-15(13-7-5-4-6-8-13)19-20(23-17)16-11-14(26-2)9-10-18(16)28-22(19)25/h4-12H,3H2,1-2H3. The number of aromatic nitrogens is 1. The zero-order valence-corrected chi connectivity index (χ0v) is 15.4. The molecule has 2 aromatic heterocycles. The lowest BCUT2D eigenvalue weighted by Crippen LogP contribution is -2.10. The van der Waals surface area contributed by atoms with Crippen molar-refractivity contribution in [1.29, 1.82) is 0 Å². The molecule has 0 bridgehead atoms. The third-order valence-electron chi connectivity index (χ3n) is 4.44. The molecule has 0 saturated heterocycles. The van der Waals surface area contributed by atoms with Crippen molar-refractivity contribution in [3.63, 3.8) is 0 Å². The summed E-state index contributed by atoms with van der Waals surface area (Å²) in [5, 5.41) is 0.886. The summed E-state index contributed by atoms with van der Waals surface area (Å²) in [6.45, 7) is 1.96. The van der Waals surface area contributed by atoms with Crippen LogP contribution in [-0.4, -0.2) is 24.7 Å². The number of ether oxygens (including phenoxy) is 2. The van der Waals surface area contributed by atoms with Gasteiger partial charge in [-0.05, 0) is 36.8 Å². The van der Waals surface area contributed by atoms with Crippen LogP contribution < -0.4 is 10.4 Å². The molecule has 2 aromatic carbocycles. The van der Waals surface area contributed by atoms with Crippen molar-refractivity contribution >= 4 is 27.8 Å². The number of nitrogens with zero attached hydrogens (tertiary/aromatic N) is 1. The van der Waals surface area contributed by atoms with Gasteiger partial charge < -0.3 is 13.9 Å². The van der Waals surface area contributed by atoms with Crippen LogP contribution in [0, 0.1) is 0 Å². The number of pyridine rings is 1. The van der Waals surface area contributed by atoms with Gasteiger partial charge in [0.1, 0.15) is 17.0 Å². The van der Waals surface area contributed by atoms with Gasteiger partial charge in [0.15, 0.2) is 0 Å². The van der Waals surface area contributed by atoms with Gasteiger partial charge in [-0.3, -0.25) is 0 Å². The second kappa shape index (κ2) is 7.15. The molecule has 0 saturated carbocycles. The molecule has 0 radical (unpaired) electrons. The van der Waals surface area contributed by atoms with Crippen LogP contribution in [0.2, 0.25) is 0 Å². The molecule has 0 aliphatic heterocycles. The minimum Gasteiger partial charge on any atom is -0.497 e. The first-order valence-corrected chi connectivity index (χ1v) is 8.80. The molecule has 0 aliphatic carbocycles. The lowest BCUT2D eigenvalue weighted by Gasteiger charge is -2.11. The molecule has 0 spiro atoms. The number of hydrogen-bond acceptors (Lipinski definition) is 6. The summed E-state index contributed by atoms with van der Waals surface area (Å²) < 4.78 is 15.9. The number of rotatable bonds is 4. The third kappa shape index (κ3) is 2.99. The predicted molar refractivity (Wildman–Crippen MR) is 106 cm³/mol. The van der Waals surface area contributed by atoms with E-state index in [0.29, 0.717) is 33.2 Å². The van der Waals surface area contributed by atoms with E-state index in [0.717, 1.165) is 5.56 Å². The molecule has 0 unspecified atom stereocenters. The van der Waals surface area contributed by atoms with Crippen LogP contribution in [0.25, 0.3) is 33.0 Å². The number of hydrogen-bond donors (Lipinski definition) is 0.